The van der Waals surface area contributed by atoms with Crippen molar-refractivity contribution in [1.29, 1.82) is 0 Å². The lowest BCUT2D eigenvalue weighted by molar-refractivity contribution is -0.133. The molecule has 0 aliphatic carbocycles. The number of nitrogens with zero attached hydrogens (tertiary/aromatic N) is 1. The van der Waals surface area contributed by atoms with Gasteiger partial charge in [0, 0.05) is 20.0 Å². The normalized spacial score (nSPS) is 10.7. The Morgan fingerprint density at radius 3 is 1.77 bits per heavy atom. The molecular formula is C16H31N3O3. The highest BCUT2D eigenvalue weighted by molar-refractivity contribution is 5.87. The first-order chi connectivity index (χ1) is 10.2. The van der Waals surface area contributed by atoms with Gasteiger partial charge in [-0.3, -0.25) is 14.4 Å². The summed E-state index contributed by atoms with van der Waals surface area (Å²) in [5.74, 6) is 0.373. The molecule has 0 unspecified atom stereocenters. The molecule has 0 atom stereocenters. The summed E-state index contributed by atoms with van der Waals surface area (Å²) in [5.41, 5.74) is 0. The van der Waals surface area contributed by atoms with E-state index in [9.17, 15) is 14.4 Å². The van der Waals surface area contributed by atoms with Crippen LogP contribution in [0, 0.1) is 11.8 Å². The first-order valence-electron chi connectivity index (χ1n) is 8.01. The molecule has 0 aromatic rings. The summed E-state index contributed by atoms with van der Waals surface area (Å²) in [4.78, 5) is 36.3. The number of hydrogen-bond acceptors (Lipinski definition) is 3. The van der Waals surface area contributed by atoms with E-state index < -0.39 is 0 Å². The van der Waals surface area contributed by atoms with Crippen LogP contribution in [0.15, 0.2) is 0 Å². The van der Waals surface area contributed by atoms with Crippen molar-refractivity contribution < 1.29 is 14.4 Å². The topological polar surface area (TPSA) is 78.5 Å². The monoisotopic (exact) mass is 313 g/mol. The molecule has 0 aromatic heterocycles. The Morgan fingerprint density at radius 1 is 0.864 bits per heavy atom. The first-order valence-corrected chi connectivity index (χ1v) is 8.01. The summed E-state index contributed by atoms with van der Waals surface area (Å²) < 4.78 is 0. The summed E-state index contributed by atoms with van der Waals surface area (Å²) >= 11 is 0. The number of carbonyl (C=O) groups excluding carboxylic acids is 3. The van der Waals surface area contributed by atoms with Gasteiger partial charge >= 0.3 is 0 Å². The maximum absolute atomic E-state index is 12.2. The van der Waals surface area contributed by atoms with E-state index in [4.69, 9.17) is 0 Å². The van der Waals surface area contributed by atoms with Crippen LogP contribution in [0.1, 0.15) is 47.5 Å². The minimum Gasteiger partial charge on any atom is -0.347 e. The van der Waals surface area contributed by atoms with E-state index in [1.165, 1.54) is 6.92 Å². The number of rotatable bonds is 10. The van der Waals surface area contributed by atoms with Crippen LogP contribution >= 0.6 is 0 Å². The molecule has 128 valence electrons. The quantitative estimate of drug-likeness (QED) is 0.635. The van der Waals surface area contributed by atoms with Crippen LogP contribution in [0.4, 0.5) is 0 Å². The molecule has 22 heavy (non-hydrogen) atoms. The molecule has 0 saturated heterocycles. The van der Waals surface area contributed by atoms with E-state index in [0.29, 0.717) is 24.9 Å². The summed E-state index contributed by atoms with van der Waals surface area (Å²) in [7, 11) is 0. The Balaban J connectivity index is 4.29. The fourth-order valence-electron chi connectivity index (χ4n) is 1.74. The van der Waals surface area contributed by atoms with E-state index in [0.717, 1.165) is 12.8 Å². The Labute approximate surface area is 134 Å². The second kappa shape index (κ2) is 11.0. The van der Waals surface area contributed by atoms with E-state index in [1.807, 2.05) is 4.90 Å². The van der Waals surface area contributed by atoms with Gasteiger partial charge in [-0.05, 0) is 24.7 Å². The molecule has 0 spiro atoms. The smallest absolute Gasteiger partial charge is 0.241 e. The second-order valence-corrected chi connectivity index (χ2v) is 6.43. The molecule has 0 radical (unpaired) electrons. The van der Waals surface area contributed by atoms with Crippen molar-refractivity contribution in [2.75, 3.05) is 26.2 Å². The fraction of sp³-hybridized carbons (Fsp3) is 0.812. The summed E-state index contributed by atoms with van der Waals surface area (Å²) in [5, 5.41) is 4.95. The van der Waals surface area contributed by atoms with Crippen molar-refractivity contribution in [3.05, 3.63) is 0 Å². The zero-order valence-corrected chi connectivity index (χ0v) is 14.6. The standard InChI is InChI=1S/C16H31N3O3/c1-12(2)6-8-19(9-7-13(3)4)16(22)11-18-15(21)10-17-14(5)20/h12-13H,6-11H2,1-5H3,(H,17,20)(H,18,21). The van der Waals surface area contributed by atoms with E-state index in [-0.39, 0.29) is 30.8 Å². The van der Waals surface area contributed by atoms with E-state index in [2.05, 4.69) is 38.3 Å². The van der Waals surface area contributed by atoms with Crippen molar-refractivity contribution in [2.45, 2.75) is 47.5 Å². The second-order valence-electron chi connectivity index (χ2n) is 6.43. The average molecular weight is 313 g/mol. The van der Waals surface area contributed by atoms with Crippen molar-refractivity contribution in [3.63, 3.8) is 0 Å². The molecule has 0 aliphatic rings. The third kappa shape index (κ3) is 11.1. The summed E-state index contributed by atoms with van der Waals surface area (Å²) in [6, 6.07) is 0. The third-order valence-corrected chi connectivity index (χ3v) is 3.24. The highest BCUT2D eigenvalue weighted by atomic mass is 16.2. The third-order valence-electron chi connectivity index (χ3n) is 3.24. The highest BCUT2D eigenvalue weighted by Gasteiger charge is 2.15. The minimum atomic E-state index is -0.351. The number of nitrogens with one attached hydrogen (secondary N) is 2. The molecule has 0 aliphatic heterocycles. The van der Waals surface area contributed by atoms with E-state index in [1.54, 1.807) is 0 Å². The lowest BCUT2D eigenvalue weighted by atomic mass is 10.1. The van der Waals surface area contributed by atoms with Crippen LogP contribution in [0.2, 0.25) is 0 Å². The van der Waals surface area contributed by atoms with Crippen molar-refractivity contribution in [3.8, 4) is 0 Å². The SMILES string of the molecule is CC(=O)NCC(=O)NCC(=O)N(CCC(C)C)CCC(C)C. The molecule has 3 amide bonds. The van der Waals surface area contributed by atoms with Crippen LogP contribution < -0.4 is 10.6 Å². The van der Waals surface area contributed by atoms with Crippen molar-refractivity contribution in [2.24, 2.45) is 11.8 Å². The molecule has 6 nitrogen and oxygen atoms in total. The summed E-state index contributed by atoms with van der Waals surface area (Å²) in [6.07, 6.45) is 1.90. The summed E-state index contributed by atoms with van der Waals surface area (Å²) in [6.45, 7) is 11.2. The molecular weight excluding hydrogens is 282 g/mol. The molecule has 2 N–H and O–H groups in total. The Morgan fingerprint density at radius 2 is 1.36 bits per heavy atom. The predicted octanol–water partition coefficient (Wildman–Crippen LogP) is 1.16. The van der Waals surface area contributed by atoms with E-state index >= 15 is 0 Å². The Hall–Kier alpha value is -1.59. The van der Waals surface area contributed by atoms with Gasteiger partial charge in [-0.1, -0.05) is 27.7 Å². The van der Waals surface area contributed by atoms with Gasteiger partial charge in [0.1, 0.15) is 0 Å². The highest BCUT2D eigenvalue weighted by Crippen LogP contribution is 2.06. The van der Waals surface area contributed by atoms with Gasteiger partial charge in [-0.2, -0.15) is 0 Å². The number of hydrogen-bond donors (Lipinski definition) is 2. The number of amides is 3. The lowest BCUT2D eigenvalue weighted by Crippen LogP contribution is -2.44. The van der Waals surface area contributed by atoms with Crippen molar-refractivity contribution >= 4 is 17.7 Å². The molecule has 0 saturated carbocycles. The fourth-order valence-corrected chi connectivity index (χ4v) is 1.74. The van der Waals surface area contributed by atoms with Crippen LogP contribution in [-0.4, -0.2) is 48.8 Å². The van der Waals surface area contributed by atoms with Gasteiger partial charge in [0.2, 0.25) is 17.7 Å². The average Bonchev–Trinajstić information content (AvgIpc) is 2.41. The largest absolute Gasteiger partial charge is 0.347 e. The molecule has 0 fully saturated rings. The molecule has 0 heterocycles. The zero-order valence-electron chi connectivity index (χ0n) is 14.6. The minimum absolute atomic E-state index is 0.0192. The maximum atomic E-state index is 12.2. The van der Waals surface area contributed by atoms with Gasteiger partial charge in [-0.15, -0.1) is 0 Å². The van der Waals surface area contributed by atoms with Gasteiger partial charge < -0.3 is 15.5 Å². The van der Waals surface area contributed by atoms with Crippen LogP contribution in [0.5, 0.6) is 0 Å². The molecule has 0 aromatic carbocycles. The molecule has 0 rings (SSSR count). The Bertz CT molecular complexity index is 356. The van der Waals surface area contributed by atoms with Crippen LogP contribution in [-0.2, 0) is 14.4 Å². The van der Waals surface area contributed by atoms with Gasteiger partial charge in [0.15, 0.2) is 0 Å². The Kier molecular flexibility index (Phi) is 10.2. The predicted molar refractivity (Wildman–Crippen MR) is 87.2 cm³/mol. The number of carbonyl (C=O) groups is 3. The molecule has 6 heteroatoms. The first kappa shape index (κ1) is 20.4. The van der Waals surface area contributed by atoms with Gasteiger partial charge in [0.05, 0.1) is 13.1 Å². The van der Waals surface area contributed by atoms with Crippen LogP contribution in [0.3, 0.4) is 0 Å². The lowest BCUT2D eigenvalue weighted by Gasteiger charge is -2.24. The van der Waals surface area contributed by atoms with Gasteiger partial charge in [0.25, 0.3) is 0 Å². The van der Waals surface area contributed by atoms with Crippen molar-refractivity contribution in [1.82, 2.24) is 15.5 Å². The zero-order chi connectivity index (χ0) is 17.1. The van der Waals surface area contributed by atoms with Crippen LogP contribution in [0.25, 0.3) is 0 Å². The molecule has 0 bridgehead atoms. The maximum Gasteiger partial charge on any atom is 0.241 e. The van der Waals surface area contributed by atoms with Gasteiger partial charge in [-0.25, -0.2) is 0 Å².